The molecule has 0 N–H and O–H groups in total. The van der Waals surface area contributed by atoms with Gasteiger partial charge in [-0.1, -0.05) is 121 Å². The highest BCUT2D eigenvalue weighted by Crippen LogP contribution is 2.43. The van der Waals surface area contributed by atoms with Crippen molar-refractivity contribution in [3.05, 3.63) is 193 Å². The highest BCUT2D eigenvalue weighted by Gasteiger charge is 2.24. The van der Waals surface area contributed by atoms with Crippen molar-refractivity contribution in [1.82, 2.24) is 23.3 Å². The van der Waals surface area contributed by atoms with Gasteiger partial charge in [-0.05, 0) is 73.0 Å². The fourth-order valence-corrected chi connectivity index (χ4v) is 10.1. The summed E-state index contributed by atoms with van der Waals surface area (Å²) in [6.45, 7) is 0. The van der Waals surface area contributed by atoms with Crippen LogP contribution in [0.1, 0.15) is 17.7 Å². The molecule has 0 fully saturated rings. The minimum atomic E-state index is 0.877. The SMILES string of the molecule is C1=Cc2c(c3ccccc3n2-c2cc(-n3c4ccccc4c4c3ccc3c5ccccc5n(-c5ccccc5)c34)cc(-n3c4ccccc4c4ccccc43)n2)CC1. The quantitative estimate of drug-likeness (QED) is 0.177. The number of para-hydroxylation sites is 6. The molecular formula is C53H35N5. The molecule has 0 atom stereocenters. The summed E-state index contributed by atoms with van der Waals surface area (Å²) in [7, 11) is 0. The van der Waals surface area contributed by atoms with E-state index in [-0.39, 0.29) is 0 Å². The molecule has 0 spiro atoms. The van der Waals surface area contributed by atoms with Crippen molar-refractivity contribution in [3.8, 4) is 23.0 Å². The Balaban J connectivity index is 1.19. The number of benzene rings is 7. The van der Waals surface area contributed by atoms with E-state index in [1.807, 2.05) is 0 Å². The zero-order valence-corrected chi connectivity index (χ0v) is 31.5. The Labute approximate surface area is 333 Å². The molecule has 1 aliphatic rings. The predicted octanol–water partition coefficient (Wildman–Crippen LogP) is 13.3. The molecule has 272 valence electrons. The predicted molar refractivity (Wildman–Crippen MR) is 241 cm³/mol. The Morgan fingerprint density at radius 2 is 0.897 bits per heavy atom. The van der Waals surface area contributed by atoms with E-state index in [0.717, 1.165) is 57.9 Å². The minimum absolute atomic E-state index is 0.877. The average molecular weight is 742 g/mol. The number of allylic oxidation sites excluding steroid dienone is 1. The van der Waals surface area contributed by atoms with Gasteiger partial charge in [-0.3, -0.25) is 9.13 Å². The lowest BCUT2D eigenvalue weighted by atomic mass is 10.0. The van der Waals surface area contributed by atoms with Crippen molar-refractivity contribution in [2.24, 2.45) is 0 Å². The first-order valence-corrected chi connectivity index (χ1v) is 20.1. The molecule has 58 heavy (non-hydrogen) atoms. The summed E-state index contributed by atoms with van der Waals surface area (Å²) >= 11 is 0. The van der Waals surface area contributed by atoms with Gasteiger partial charge in [0, 0.05) is 55.5 Å². The van der Waals surface area contributed by atoms with Crippen LogP contribution in [-0.2, 0) is 6.42 Å². The van der Waals surface area contributed by atoms with E-state index in [9.17, 15) is 0 Å². The zero-order chi connectivity index (χ0) is 37.9. The smallest absolute Gasteiger partial charge is 0.142 e. The van der Waals surface area contributed by atoms with Crippen molar-refractivity contribution in [3.63, 3.8) is 0 Å². The van der Waals surface area contributed by atoms with Gasteiger partial charge in [0.15, 0.2) is 0 Å². The molecule has 0 radical (unpaired) electrons. The number of rotatable bonds is 4. The van der Waals surface area contributed by atoms with Crippen LogP contribution < -0.4 is 0 Å². The molecular weight excluding hydrogens is 707 g/mol. The molecule has 0 bridgehead atoms. The van der Waals surface area contributed by atoms with E-state index in [1.165, 1.54) is 65.5 Å². The van der Waals surface area contributed by atoms with Gasteiger partial charge < -0.3 is 9.13 Å². The highest BCUT2D eigenvalue weighted by atomic mass is 15.2. The average Bonchev–Trinajstić information content (AvgIpc) is 4.01. The number of aryl methyl sites for hydroxylation is 1. The molecule has 5 heteroatoms. The lowest BCUT2D eigenvalue weighted by molar-refractivity contribution is 0.937. The van der Waals surface area contributed by atoms with Crippen molar-refractivity contribution >= 4 is 82.4 Å². The van der Waals surface area contributed by atoms with Gasteiger partial charge in [-0.15, -0.1) is 0 Å². The van der Waals surface area contributed by atoms with Gasteiger partial charge in [0.1, 0.15) is 11.6 Å². The maximum Gasteiger partial charge on any atom is 0.142 e. The van der Waals surface area contributed by atoms with Gasteiger partial charge in [-0.25, -0.2) is 4.98 Å². The second-order valence-electron chi connectivity index (χ2n) is 15.5. The second-order valence-corrected chi connectivity index (χ2v) is 15.5. The lowest BCUT2D eigenvalue weighted by Gasteiger charge is -2.17. The summed E-state index contributed by atoms with van der Waals surface area (Å²) in [6.07, 6.45) is 6.65. The third-order valence-electron chi connectivity index (χ3n) is 12.4. The van der Waals surface area contributed by atoms with Crippen LogP contribution in [-0.4, -0.2) is 23.3 Å². The van der Waals surface area contributed by atoms with Gasteiger partial charge in [0.05, 0.1) is 50.0 Å². The van der Waals surface area contributed by atoms with Crippen LogP contribution in [0.3, 0.4) is 0 Å². The van der Waals surface area contributed by atoms with Crippen LogP contribution in [0.2, 0.25) is 0 Å². The minimum Gasteiger partial charge on any atom is -0.309 e. The van der Waals surface area contributed by atoms with Crippen molar-refractivity contribution in [2.75, 3.05) is 0 Å². The van der Waals surface area contributed by atoms with E-state index in [4.69, 9.17) is 4.98 Å². The molecule has 0 saturated carbocycles. The second kappa shape index (κ2) is 11.9. The number of fused-ring (bicyclic) bond motifs is 13. The summed E-state index contributed by atoms with van der Waals surface area (Å²) in [5.41, 5.74) is 13.0. The van der Waals surface area contributed by atoms with Gasteiger partial charge >= 0.3 is 0 Å². The standard InChI is InChI=1S/C53H35N5/c1-2-16-34(17-3-1)56-43-24-10-8-22-40(43)41-30-31-49-52(53(41)56)42-23-9-15-29-48(42)55(49)35-32-50(57-44-25-11-4-18-36(44)37-19-5-12-26-45(37)57)54-51(33-35)58-46-27-13-6-20-38(46)39-21-7-14-28-47(39)58/h1-6,8-20,22-33H,7,21H2. The monoisotopic (exact) mass is 741 g/mol. The topological polar surface area (TPSA) is 32.6 Å². The fourth-order valence-electron chi connectivity index (χ4n) is 10.1. The Hall–Kier alpha value is -7.63. The first-order valence-electron chi connectivity index (χ1n) is 20.1. The first kappa shape index (κ1) is 31.6. The molecule has 5 aromatic heterocycles. The summed E-state index contributed by atoms with van der Waals surface area (Å²) in [5, 5.41) is 8.66. The third-order valence-corrected chi connectivity index (χ3v) is 12.4. The zero-order valence-electron chi connectivity index (χ0n) is 31.5. The Bertz CT molecular complexity index is 3630. The Morgan fingerprint density at radius 1 is 0.379 bits per heavy atom. The Kier molecular flexibility index (Phi) is 6.50. The van der Waals surface area contributed by atoms with Crippen LogP contribution in [0.15, 0.2) is 182 Å². The van der Waals surface area contributed by atoms with E-state index in [1.54, 1.807) is 0 Å². The van der Waals surface area contributed by atoms with Crippen molar-refractivity contribution in [2.45, 2.75) is 12.8 Å². The fraction of sp³-hybridized carbons (Fsp3) is 0.0377. The first-order chi connectivity index (χ1) is 28.8. The number of pyridine rings is 1. The summed E-state index contributed by atoms with van der Waals surface area (Å²) in [6, 6.07) is 64.0. The van der Waals surface area contributed by atoms with Crippen LogP contribution in [0.25, 0.3) is 105 Å². The summed E-state index contributed by atoms with van der Waals surface area (Å²) in [5.74, 6) is 1.77. The molecule has 13 rings (SSSR count). The molecule has 5 heterocycles. The van der Waals surface area contributed by atoms with Crippen LogP contribution >= 0.6 is 0 Å². The highest BCUT2D eigenvalue weighted by molar-refractivity contribution is 6.26. The van der Waals surface area contributed by atoms with E-state index in [0.29, 0.717) is 0 Å². The normalized spacial score (nSPS) is 13.0. The van der Waals surface area contributed by atoms with Gasteiger partial charge in [0.25, 0.3) is 0 Å². The van der Waals surface area contributed by atoms with Crippen LogP contribution in [0.5, 0.6) is 0 Å². The molecule has 0 aliphatic heterocycles. The lowest BCUT2D eigenvalue weighted by Crippen LogP contribution is -2.08. The molecule has 0 saturated heterocycles. The Morgan fingerprint density at radius 3 is 1.57 bits per heavy atom. The largest absolute Gasteiger partial charge is 0.309 e. The van der Waals surface area contributed by atoms with E-state index >= 15 is 0 Å². The van der Waals surface area contributed by atoms with Crippen molar-refractivity contribution < 1.29 is 0 Å². The van der Waals surface area contributed by atoms with Gasteiger partial charge in [0.2, 0.25) is 0 Å². The number of hydrogen-bond donors (Lipinski definition) is 0. The molecule has 7 aromatic carbocycles. The molecule has 12 aromatic rings. The molecule has 5 nitrogen and oxygen atoms in total. The molecule has 1 aliphatic carbocycles. The third kappa shape index (κ3) is 4.27. The molecule has 0 unspecified atom stereocenters. The van der Waals surface area contributed by atoms with Crippen LogP contribution in [0.4, 0.5) is 0 Å². The number of aromatic nitrogens is 5. The number of nitrogens with zero attached hydrogens (tertiary/aromatic N) is 5. The number of hydrogen-bond acceptors (Lipinski definition) is 1. The summed E-state index contributed by atoms with van der Waals surface area (Å²) < 4.78 is 9.66. The van der Waals surface area contributed by atoms with E-state index < -0.39 is 0 Å². The van der Waals surface area contributed by atoms with Crippen LogP contribution in [0, 0.1) is 0 Å². The molecule has 0 amide bonds. The van der Waals surface area contributed by atoms with Crippen molar-refractivity contribution in [1.29, 1.82) is 0 Å². The van der Waals surface area contributed by atoms with E-state index in [2.05, 4.69) is 206 Å². The maximum atomic E-state index is 5.65. The maximum absolute atomic E-state index is 5.65. The summed E-state index contributed by atoms with van der Waals surface area (Å²) in [4.78, 5) is 5.65. The van der Waals surface area contributed by atoms with Gasteiger partial charge in [-0.2, -0.15) is 0 Å².